The van der Waals surface area contributed by atoms with Crippen LogP contribution in [0.3, 0.4) is 0 Å². The predicted octanol–water partition coefficient (Wildman–Crippen LogP) is 1.41. The minimum absolute atomic E-state index is 0.171. The zero-order chi connectivity index (χ0) is 16.9. The molecule has 1 saturated heterocycles. The molecule has 2 amide bonds. The van der Waals surface area contributed by atoms with E-state index in [9.17, 15) is 9.59 Å². The first-order valence-electron chi connectivity index (χ1n) is 8.19. The molecule has 8 heteroatoms. The van der Waals surface area contributed by atoms with Crippen LogP contribution in [-0.4, -0.2) is 43.1 Å². The number of hydrazine groups is 1. The number of hydrogen-bond donors (Lipinski definition) is 2. The number of nitrogens with one attached hydrogen (secondary N) is 2. The van der Waals surface area contributed by atoms with Crippen molar-refractivity contribution in [1.29, 1.82) is 0 Å². The first-order chi connectivity index (χ1) is 11.6. The first-order valence-corrected chi connectivity index (χ1v) is 9.01. The average Bonchev–Trinajstić information content (AvgIpc) is 3.23. The smallest absolute Gasteiger partial charge is 0.281 e. The normalized spacial score (nSPS) is 20.2. The number of allylic oxidation sites excluding steroid dienone is 2. The SMILES string of the molecule is Cc1nc(N2CCOCC2)sc1C(=O)NNC(=O)CC1C=CCC1. The minimum atomic E-state index is -0.320. The van der Waals surface area contributed by atoms with E-state index >= 15 is 0 Å². The molecule has 0 spiro atoms. The summed E-state index contributed by atoms with van der Waals surface area (Å²) in [6, 6.07) is 0. The van der Waals surface area contributed by atoms with Gasteiger partial charge in [-0.15, -0.1) is 0 Å². The van der Waals surface area contributed by atoms with Crippen LogP contribution >= 0.6 is 11.3 Å². The van der Waals surface area contributed by atoms with Crippen LogP contribution in [0.4, 0.5) is 5.13 Å². The first kappa shape index (κ1) is 16.9. The maximum atomic E-state index is 12.3. The van der Waals surface area contributed by atoms with Crippen LogP contribution in [-0.2, 0) is 9.53 Å². The van der Waals surface area contributed by atoms with Crippen molar-refractivity contribution in [1.82, 2.24) is 15.8 Å². The Bertz CT molecular complexity index is 637. The molecular formula is C16H22N4O3S. The van der Waals surface area contributed by atoms with Crippen LogP contribution in [0.1, 0.15) is 34.6 Å². The maximum absolute atomic E-state index is 12.3. The van der Waals surface area contributed by atoms with Crippen molar-refractivity contribution in [2.24, 2.45) is 5.92 Å². The highest BCUT2D eigenvalue weighted by molar-refractivity contribution is 7.17. The topological polar surface area (TPSA) is 83.6 Å². The quantitative estimate of drug-likeness (QED) is 0.634. The summed E-state index contributed by atoms with van der Waals surface area (Å²) in [5.41, 5.74) is 5.66. The summed E-state index contributed by atoms with van der Waals surface area (Å²) in [4.78, 5) is 31.3. The lowest BCUT2D eigenvalue weighted by atomic mass is 10.1. The Morgan fingerprint density at radius 2 is 2.17 bits per heavy atom. The highest BCUT2D eigenvalue weighted by Crippen LogP contribution is 2.26. The molecule has 1 aliphatic heterocycles. The third-order valence-electron chi connectivity index (χ3n) is 4.15. The van der Waals surface area contributed by atoms with Gasteiger partial charge in [-0.05, 0) is 25.7 Å². The molecule has 3 rings (SSSR count). The fraction of sp³-hybridized carbons (Fsp3) is 0.562. The van der Waals surface area contributed by atoms with Crippen LogP contribution in [0.5, 0.6) is 0 Å². The number of ether oxygens (including phenoxy) is 1. The van der Waals surface area contributed by atoms with E-state index < -0.39 is 0 Å². The van der Waals surface area contributed by atoms with Gasteiger partial charge in [0.25, 0.3) is 5.91 Å². The summed E-state index contributed by atoms with van der Waals surface area (Å²) in [7, 11) is 0. The number of thiazole rings is 1. The van der Waals surface area contributed by atoms with Crippen molar-refractivity contribution in [3.05, 3.63) is 22.7 Å². The van der Waals surface area contributed by atoms with Gasteiger partial charge < -0.3 is 9.64 Å². The van der Waals surface area contributed by atoms with Crippen molar-refractivity contribution in [2.45, 2.75) is 26.2 Å². The summed E-state index contributed by atoms with van der Waals surface area (Å²) >= 11 is 1.34. The molecule has 0 bridgehead atoms. The Morgan fingerprint density at radius 3 is 2.88 bits per heavy atom. The van der Waals surface area contributed by atoms with E-state index in [0.29, 0.717) is 30.2 Å². The number of hydrogen-bond acceptors (Lipinski definition) is 6. The second-order valence-electron chi connectivity index (χ2n) is 5.98. The van der Waals surface area contributed by atoms with Gasteiger partial charge in [0.05, 0.1) is 18.9 Å². The number of nitrogens with zero attached hydrogens (tertiary/aromatic N) is 2. The third kappa shape index (κ3) is 4.12. The molecule has 2 N–H and O–H groups in total. The van der Waals surface area contributed by atoms with Gasteiger partial charge in [-0.2, -0.15) is 0 Å². The van der Waals surface area contributed by atoms with E-state index in [1.54, 1.807) is 6.92 Å². The molecule has 1 aliphatic carbocycles. The summed E-state index contributed by atoms with van der Waals surface area (Å²) in [5, 5.41) is 0.823. The molecule has 7 nitrogen and oxygen atoms in total. The molecule has 1 unspecified atom stereocenters. The van der Waals surface area contributed by atoms with Gasteiger partial charge in [-0.1, -0.05) is 23.5 Å². The highest BCUT2D eigenvalue weighted by atomic mass is 32.1. The Kier molecular flexibility index (Phi) is 5.47. The Hall–Kier alpha value is -1.93. The number of amides is 2. The van der Waals surface area contributed by atoms with Crippen LogP contribution < -0.4 is 15.8 Å². The van der Waals surface area contributed by atoms with Gasteiger partial charge >= 0.3 is 0 Å². The largest absolute Gasteiger partial charge is 0.378 e. The Morgan fingerprint density at radius 1 is 1.38 bits per heavy atom. The lowest BCUT2D eigenvalue weighted by Gasteiger charge is -2.25. The van der Waals surface area contributed by atoms with Crippen molar-refractivity contribution in [3.8, 4) is 0 Å². The molecular weight excluding hydrogens is 328 g/mol. The number of morpholine rings is 1. The molecule has 1 aromatic rings. The summed E-state index contributed by atoms with van der Waals surface area (Å²) in [6.45, 7) is 4.71. The fourth-order valence-corrected chi connectivity index (χ4v) is 3.83. The molecule has 1 fully saturated rings. The van der Waals surface area contributed by atoms with Gasteiger partial charge in [-0.3, -0.25) is 20.4 Å². The standard InChI is InChI=1S/C16H22N4O3S/c1-11-14(24-16(17-11)20-6-8-23-9-7-20)15(22)19-18-13(21)10-12-4-2-3-5-12/h2,4,12H,3,5-10H2,1H3,(H,18,21)(H,19,22). The maximum Gasteiger partial charge on any atom is 0.281 e. The number of aryl methyl sites for hydroxylation is 1. The predicted molar refractivity (Wildman–Crippen MR) is 92.0 cm³/mol. The van der Waals surface area contributed by atoms with Crippen LogP contribution in [0, 0.1) is 12.8 Å². The number of carbonyl (C=O) groups excluding carboxylic acids is 2. The Balaban J connectivity index is 1.53. The minimum Gasteiger partial charge on any atom is -0.378 e. The fourth-order valence-electron chi connectivity index (χ4n) is 2.82. The number of rotatable bonds is 4. The second kappa shape index (κ2) is 7.76. The molecule has 0 saturated carbocycles. The molecule has 2 aliphatic rings. The monoisotopic (exact) mass is 350 g/mol. The zero-order valence-corrected chi connectivity index (χ0v) is 14.5. The molecule has 1 atom stereocenters. The van der Waals surface area contributed by atoms with E-state index in [4.69, 9.17) is 4.74 Å². The molecule has 130 valence electrons. The van der Waals surface area contributed by atoms with Crippen LogP contribution in [0.2, 0.25) is 0 Å². The highest BCUT2D eigenvalue weighted by Gasteiger charge is 2.21. The van der Waals surface area contributed by atoms with E-state index in [1.807, 2.05) is 0 Å². The van der Waals surface area contributed by atoms with E-state index in [2.05, 4.69) is 32.9 Å². The third-order valence-corrected chi connectivity index (χ3v) is 5.37. The number of aromatic nitrogens is 1. The van der Waals surface area contributed by atoms with Crippen LogP contribution in [0.15, 0.2) is 12.2 Å². The summed E-state index contributed by atoms with van der Waals surface area (Å²) < 4.78 is 5.33. The van der Waals surface area contributed by atoms with Gasteiger partial charge in [0.2, 0.25) is 5.91 Å². The molecule has 1 aromatic heterocycles. The summed E-state index contributed by atoms with van der Waals surface area (Å²) in [6.07, 6.45) is 6.57. The van der Waals surface area contributed by atoms with Gasteiger partial charge in [-0.25, -0.2) is 4.98 Å². The lowest BCUT2D eigenvalue weighted by Crippen LogP contribution is -2.42. The van der Waals surface area contributed by atoms with Gasteiger partial charge in [0.1, 0.15) is 4.88 Å². The van der Waals surface area contributed by atoms with Crippen molar-refractivity contribution >= 4 is 28.3 Å². The van der Waals surface area contributed by atoms with Crippen molar-refractivity contribution < 1.29 is 14.3 Å². The van der Waals surface area contributed by atoms with Gasteiger partial charge in [0.15, 0.2) is 5.13 Å². The average molecular weight is 350 g/mol. The zero-order valence-electron chi connectivity index (χ0n) is 13.7. The van der Waals surface area contributed by atoms with E-state index in [1.165, 1.54) is 11.3 Å². The molecule has 24 heavy (non-hydrogen) atoms. The van der Waals surface area contributed by atoms with Gasteiger partial charge in [0, 0.05) is 19.5 Å². The molecule has 0 radical (unpaired) electrons. The van der Waals surface area contributed by atoms with E-state index in [-0.39, 0.29) is 17.7 Å². The second-order valence-corrected chi connectivity index (χ2v) is 6.96. The number of carbonyl (C=O) groups is 2. The Labute approximate surface area is 145 Å². The van der Waals surface area contributed by atoms with Crippen LogP contribution in [0.25, 0.3) is 0 Å². The summed E-state index contributed by atoms with van der Waals surface area (Å²) in [5.74, 6) is -0.213. The number of anilines is 1. The van der Waals surface area contributed by atoms with E-state index in [0.717, 1.165) is 31.1 Å². The molecule has 2 heterocycles. The van der Waals surface area contributed by atoms with Crippen molar-refractivity contribution in [3.63, 3.8) is 0 Å². The lowest BCUT2D eigenvalue weighted by molar-refractivity contribution is -0.122. The van der Waals surface area contributed by atoms with Crippen molar-refractivity contribution in [2.75, 3.05) is 31.2 Å². The molecule has 0 aromatic carbocycles.